The fourth-order valence-electron chi connectivity index (χ4n) is 1.94. The van der Waals surface area contributed by atoms with Crippen LogP contribution in [0.5, 0.6) is 5.75 Å². The van der Waals surface area contributed by atoms with E-state index in [4.69, 9.17) is 27.9 Å². The molecule has 0 aromatic heterocycles. The molecule has 0 aliphatic rings. The van der Waals surface area contributed by atoms with Crippen LogP contribution in [0.1, 0.15) is 12.0 Å². The molecule has 21 heavy (non-hydrogen) atoms. The van der Waals surface area contributed by atoms with Crippen molar-refractivity contribution < 1.29 is 9.53 Å². The standard InChI is InChI=1S/C16H15Cl2NO2/c1-21-15-7-6-13(18)10-14(15)19-16(20)8-5-11-3-2-4-12(17)9-11/h2-4,6-7,9-10H,5,8H2,1H3,(H,19,20). The smallest absolute Gasteiger partial charge is 0.224 e. The zero-order valence-corrected chi connectivity index (χ0v) is 13.0. The summed E-state index contributed by atoms with van der Waals surface area (Å²) >= 11 is 11.8. The minimum atomic E-state index is -0.101. The Hall–Kier alpha value is -1.71. The summed E-state index contributed by atoms with van der Waals surface area (Å²) in [5.41, 5.74) is 1.59. The molecule has 0 atom stereocenters. The van der Waals surface area contributed by atoms with E-state index < -0.39 is 0 Å². The van der Waals surface area contributed by atoms with Gasteiger partial charge in [-0.15, -0.1) is 0 Å². The Morgan fingerprint density at radius 2 is 1.90 bits per heavy atom. The van der Waals surface area contributed by atoms with Crippen LogP contribution in [0.2, 0.25) is 10.0 Å². The summed E-state index contributed by atoms with van der Waals surface area (Å²) in [5.74, 6) is 0.478. The van der Waals surface area contributed by atoms with Gasteiger partial charge >= 0.3 is 0 Å². The van der Waals surface area contributed by atoms with E-state index in [0.717, 1.165) is 5.56 Å². The van der Waals surface area contributed by atoms with E-state index in [9.17, 15) is 4.79 Å². The van der Waals surface area contributed by atoms with Gasteiger partial charge in [-0.1, -0.05) is 35.3 Å². The summed E-state index contributed by atoms with van der Waals surface area (Å²) in [6.07, 6.45) is 0.977. The number of amides is 1. The van der Waals surface area contributed by atoms with Gasteiger partial charge in [0.05, 0.1) is 12.8 Å². The average Bonchev–Trinajstić information content (AvgIpc) is 2.45. The van der Waals surface area contributed by atoms with Crippen LogP contribution in [0.4, 0.5) is 5.69 Å². The molecule has 110 valence electrons. The quantitative estimate of drug-likeness (QED) is 0.875. The Morgan fingerprint density at radius 3 is 2.62 bits per heavy atom. The number of hydrogen-bond donors (Lipinski definition) is 1. The van der Waals surface area contributed by atoms with Crippen LogP contribution in [0, 0.1) is 0 Å². The molecular formula is C16H15Cl2NO2. The number of halogens is 2. The lowest BCUT2D eigenvalue weighted by Crippen LogP contribution is -2.13. The highest BCUT2D eigenvalue weighted by Gasteiger charge is 2.08. The van der Waals surface area contributed by atoms with Crippen LogP contribution >= 0.6 is 23.2 Å². The van der Waals surface area contributed by atoms with Gasteiger partial charge in [0, 0.05) is 16.5 Å². The van der Waals surface area contributed by atoms with E-state index in [-0.39, 0.29) is 5.91 Å². The first-order valence-corrected chi connectivity index (χ1v) is 7.22. The molecule has 0 fully saturated rings. The molecule has 0 aliphatic carbocycles. The first kappa shape index (κ1) is 15.7. The number of ether oxygens (including phenoxy) is 1. The third-order valence-electron chi connectivity index (χ3n) is 2.97. The van der Waals surface area contributed by atoms with Gasteiger partial charge in [0.25, 0.3) is 0 Å². The van der Waals surface area contributed by atoms with Gasteiger partial charge < -0.3 is 10.1 Å². The predicted molar refractivity (Wildman–Crippen MR) is 86.4 cm³/mol. The summed E-state index contributed by atoms with van der Waals surface area (Å²) < 4.78 is 5.19. The fourth-order valence-corrected chi connectivity index (χ4v) is 2.33. The Labute approximate surface area is 133 Å². The largest absolute Gasteiger partial charge is 0.495 e. The number of anilines is 1. The number of benzene rings is 2. The van der Waals surface area contributed by atoms with Crippen molar-refractivity contribution in [3.05, 3.63) is 58.1 Å². The van der Waals surface area contributed by atoms with E-state index in [1.54, 1.807) is 25.3 Å². The van der Waals surface area contributed by atoms with E-state index in [1.165, 1.54) is 0 Å². The first-order valence-electron chi connectivity index (χ1n) is 6.46. The van der Waals surface area contributed by atoms with Crippen LogP contribution in [-0.4, -0.2) is 13.0 Å². The summed E-state index contributed by atoms with van der Waals surface area (Å²) in [4.78, 5) is 12.0. The van der Waals surface area contributed by atoms with E-state index in [1.807, 2.05) is 24.3 Å². The van der Waals surface area contributed by atoms with Crippen molar-refractivity contribution in [2.75, 3.05) is 12.4 Å². The molecule has 2 rings (SSSR count). The Morgan fingerprint density at radius 1 is 1.14 bits per heavy atom. The third-order valence-corrected chi connectivity index (χ3v) is 3.44. The third kappa shape index (κ3) is 4.66. The number of carbonyl (C=O) groups excluding carboxylic acids is 1. The van der Waals surface area contributed by atoms with Crippen LogP contribution in [0.25, 0.3) is 0 Å². The zero-order valence-electron chi connectivity index (χ0n) is 11.5. The van der Waals surface area contributed by atoms with E-state index in [2.05, 4.69) is 5.32 Å². The number of aryl methyl sites for hydroxylation is 1. The second-order valence-electron chi connectivity index (χ2n) is 4.52. The van der Waals surface area contributed by atoms with Gasteiger partial charge in [0.2, 0.25) is 5.91 Å². The lowest BCUT2D eigenvalue weighted by atomic mass is 10.1. The maximum absolute atomic E-state index is 12.0. The molecule has 0 radical (unpaired) electrons. The van der Waals surface area contributed by atoms with Gasteiger partial charge in [-0.25, -0.2) is 0 Å². The second-order valence-corrected chi connectivity index (χ2v) is 5.40. The van der Waals surface area contributed by atoms with Crippen molar-refractivity contribution in [2.24, 2.45) is 0 Å². The molecule has 0 saturated heterocycles. The van der Waals surface area contributed by atoms with Crippen LogP contribution in [-0.2, 0) is 11.2 Å². The number of rotatable bonds is 5. The van der Waals surface area contributed by atoms with Crippen LogP contribution in [0.15, 0.2) is 42.5 Å². The van der Waals surface area contributed by atoms with E-state index >= 15 is 0 Å². The van der Waals surface area contributed by atoms with Gasteiger partial charge in [-0.3, -0.25) is 4.79 Å². The molecule has 0 bridgehead atoms. The maximum atomic E-state index is 12.0. The summed E-state index contributed by atoms with van der Waals surface area (Å²) in [7, 11) is 1.55. The average molecular weight is 324 g/mol. The molecule has 0 unspecified atom stereocenters. The van der Waals surface area contributed by atoms with Gasteiger partial charge in [0.1, 0.15) is 5.75 Å². The zero-order chi connectivity index (χ0) is 15.2. The number of carbonyl (C=O) groups is 1. The van der Waals surface area contributed by atoms with E-state index in [0.29, 0.717) is 34.3 Å². The fraction of sp³-hybridized carbons (Fsp3) is 0.188. The second kappa shape index (κ2) is 7.34. The van der Waals surface area contributed by atoms with Crippen LogP contribution < -0.4 is 10.1 Å². The van der Waals surface area contributed by atoms with Crippen molar-refractivity contribution in [3.63, 3.8) is 0 Å². The Bertz CT molecular complexity index is 644. The number of nitrogens with one attached hydrogen (secondary N) is 1. The molecule has 0 spiro atoms. The summed E-state index contributed by atoms with van der Waals surface area (Å²) in [5, 5.41) is 4.02. The monoisotopic (exact) mass is 323 g/mol. The lowest BCUT2D eigenvalue weighted by Gasteiger charge is -2.10. The predicted octanol–water partition coefficient (Wildman–Crippen LogP) is 4.57. The highest BCUT2D eigenvalue weighted by Crippen LogP contribution is 2.27. The molecule has 5 heteroatoms. The summed E-state index contributed by atoms with van der Waals surface area (Å²) in [6, 6.07) is 12.6. The van der Waals surface area contributed by atoms with Gasteiger partial charge in [0.15, 0.2) is 0 Å². The lowest BCUT2D eigenvalue weighted by molar-refractivity contribution is -0.116. The summed E-state index contributed by atoms with van der Waals surface area (Å²) in [6.45, 7) is 0. The van der Waals surface area contributed by atoms with Gasteiger partial charge in [-0.05, 0) is 42.3 Å². The molecule has 0 heterocycles. The SMILES string of the molecule is COc1ccc(Cl)cc1NC(=O)CCc1cccc(Cl)c1. The molecule has 3 nitrogen and oxygen atoms in total. The Kier molecular flexibility index (Phi) is 5.48. The first-order chi connectivity index (χ1) is 10.1. The van der Waals surface area contributed by atoms with Gasteiger partial charge in [-0.2, -0.15) is 0 Å². The molecule has 0 saturated carbocycles. The number of methoxy groups -OCH3 is 1. The molecular weight excluding hydrogens is 309 g/mol. The van der Waals surface area contributed by atoms with Crippen molar-refractivity contribution >= 4 is 34.8 Å². The minimum Gasteiger partial charge on any atom is -0.495 e. The molecule has 2 aromatic rings. The minimum absolute atomic E-state index is 0.101. The highest BCUT2D eigenvalue weighted by molar-refractivity contribution is 6.31. The Balaban J connectivity index is 1.97. The topological polar surface area (TPSA) is 38.3 Å². The van der Waals surface area contributed by atoms with Crippen molar-refractivity contribution in [1.29, 1.82) is 0 Å². The highest BCUT2D eigenvalue weighted by atomic mass is 35.5. The van der Waals surface area contributed by atoms with Crippen LogP contribution in [0.3, 0.4) is 0 Å². The molecule has 1 amide bonds. The molecule has 2 aromatic carbocycles. The van der Waals surface area contributed by atoms with Crippen molar-refractivity contribution in [2.45, 2.75) is 12.8 Å². The molecule has 0 aliphatic heterocycles. The normalized spacial score (nSPS) is 10.2. The van der Waals surface area contributed by atoms with Crippen molar-refractivity contribution in [3.8, 4) is 5.75 Å². The number of hydrogen-bond acceptors (Lipinski definition) is 2. The van der Waals surface area contributed by atoms with Crippen molar-refractivity contribution in [1.82, 2.24) is 0 Å². The maximum Gasteiger partial charge on any atom is 0.224 e. The molecule has 1 N–H and O–H groups in total.